The summed E-state index contributed by atoms with van der Waals surface area (Å²) in [6.45, 7) is 2.28. The normalized spacial score (nSPS) is 14.2. The maximum Gasteiger partial charge on any atom is 0.307 e. The second-order valence-corrected chi connectivity index (χ2v) is 12.0. The van der Waals surface area contributed by atoms with Gasteiger partial charge in [0, 0.05) is 18.1 Å². The summed E-state index contributed by atoms with van der Waals surface area (Å²) < 4.78 is 40.7. The molecule has 0 saturated carbocycles. The van der Waals surface area contributed by atoms with E-state index in [1.165, 1.54) is 17.5 Å². The average molecular weight is 601 g/mol. The van der Waals surface area contributed by atoms with Crippen molar-refractivity contribution in [1.29, 1.82) is 0 Å². The number of aryl methyl sites for hydroxylation is 1. The lowest BCUT2D eigenvalue weighted by Crippen LogP contribution is -2.48. The number of hydrogen-bond acceptors (Lipinski definition) is 6. The summed E-state index contributed by atoms with van der Waals surface area (Å²) in [4.78, 5) is 24.3. The molecule has 10 heteroatoms. The number of carbonyl (C=O) groups excluding carboxylic acids is 1. The van der Waals surface area contributed by atoms with Crippen LogP contribution in [0.3, 0.4) is 0 Å². The van der Waals surface area contributed by atoms with Gasteiger partial charge in [-0.3, -0.25) is 13.9 Å². The molecule has 43 heavy (non-hydrogen) atoms. The van der Waals surface area contributed by atoms with Gasteiger partial charge in [-0.15, -0.1) is 0 Å². The van der Waals surface area contributed by atoms with Gasteiger partial charge in [0.2, 0.25) is 5.91 Å². The van der Waals surface area contributed by atoms with Crippen molar-refractivity contribution in [2.24, 2.45) is 0 Å². The highest BCUT2D eigenvalue weighted by atomic mass is 32.2. The molecule has 0 saturated heterocycles. The van der Waals surface area contributed by atoms with Gasteiger partial charge in [-0.05, 0) is 53.9 Å². The summed E-state index contributed by atoms with van der Waals surface area (Å²) in [7, 11) is -2.65. The number of fused-ring (bicyclic) bond motifs is 1. The SMILES string of the molecule is COc1cc(S(=O)(=O)N2c3ccccc3C[C@H]2C(=O)NCCOc2ccc(CC(=O)O)cc2)ccc1-c1cccc(C)c1. The van der Waals surface area contributed by atoms with E-state index in [0.29, 0.717) is 22.7 Å². The van der Waals surface area contributed by atoms with Crippen molar-refractivity contribution in [3.8, 4) is 22.6 Å². The van der Waals surface area contributed by atoms with Crippen LogP contribution in [0.15, 0.2) is 95.9 Å². The number of aliphatic carboxylic acids is 1. The Labute approximate surface area is 250 Å². The van der Waals surface area contributed by atoms with E-state index >= 15 is 0 Å². The minimum atomic E-state index is -4.15. The number of nitrogens with one attached hydrogen (secondary N) is 1. The van der Waals surface area contributed by atoms with E-state index < -0.39 is 27.9 Å². The quantitative estimate of drug-likeness (QED) is 0.241. The van der Waals surface area contributed by atoms with Crippen LogP contribution >= 0.6 is 0 Å². The molecule has 1 heterocycles. The Balaban J connectivity index is 1.33. The fourth-order valence-electron chi connectivity index (χ4n) is 5.19. The number of benzene rings is 4. The first-order valence-corrected chi connectivity index (χ1v) is 15.2. The van der Waals surface area contributed by atoms with E-state index in [1.807, 2.05) is 43.3 Å². The van der Waals surface area contributed by atoms with E-state index in [0.717, 1.165) is 22.3 Å². The number of ether oxygens (including phenoxy) is 2. The number of nitrogens with zero attached hydrogens (tertiary/aromatic N) is 1. The molecule has 5 rings (SSSR count). The van der Waals surface area contributed by atoms with E-state index in [4.69, 9.17) is 14.6 Å². The summed E-state index contributed by atoms with van der Waals surface area (Å²) in [5.41, 5.74) is 4.60. The number of sulfonamides is 1. The average Bonchev–Trinajstić information content (AvgIpc) is 3.40. The molecule has 0 aromatic heterocycles. The molecule has 0 unspecified atom stereocenters. The van der Waals surface area contributed by atoms with Gasteiger partial charge < -0.3 is 19.9 Å². The van der Waals surface area contributed by atoms with Crippen LogP contribution in [0.5, 0.6) is 11.5 Å². The fourth-order valence-corrected chi connectivity index (χ4v) is 6.85. The number of anilines is 1. The number of para-hydroxylation sites is 1. The van der Waals surface area contributed by atoms with Crippen LogP contribution in [0.25, 0.3) is 11.1 Å². The van der Waals surface area contributed by atoms with Gasteiger partial charge in [-0.1, -0.05) is 60.2 Å². The third kappa shape index (κ3) is 6.49. The predicted octanol–water partition coefficient (Wildman–Crippen LogP) is 4.61. The van der Waals surface area contributed by atoms with Crippen LogP contribution in [-0.2, 0) is 32.5 Å². The Morgan fingerprint density at radius 1 is 0.977 bits per heavy atom. The molecule has 4 aromatic carbocycles. The van der Waals surface area contributed by atoms with Crippen LogP contribution in [0, 0.1) is 6.92 Å². The van der Waals surface area contributed by atoms with Crippen molar-refractivity contribution in [3.05, 3.63) is 108 Å². The molecule has 0 aliphatic carbocycles. The van der Waals surface area contributed by atoms with E-state index in [9.17, 15) is 18.0 Å². The zero-order valence-corrected chi connectivity index (χ0v) is 24.6. The lowest BCUT2D eigenvalue weighted by Gasteiger charge is -2.26. The smallest absolute Gasteiger partial charge is 0.307 e. The van der Waals surface area contributed by atoms with Crippen LogP contribution in [0.2, 0.25) is 0 Å². The standard InChI is InChI=1S/C33H32N2O7S/c1-22-6-5-8-24(18-22)28-15-14-27(21-31(28)41-2)43(39,40)35-29-9-4-3-7-25(29)20-30(35)33(38)34-16-17-42-26-12-10-23(11-13-26)19-32(36)37/h3-15,18,21,30H,16-17,19-20H2,1-2H3,(H,34,38)(H,36,37)/t30-/m0/s1. The number of carboxylic acids is 1. The highest BCUT2D eigenvalue weighted by Crippen LogP contribution is 2.39. The molecule has 4 aromatic rings. The first-order valence-electron chi connectivity index (χ1n) is 13.8. The molecule has 1 atom stereocenters. The zero-order chi connectivity index (χ0) is 30.6. The van der Waals surface area contributed by atoms with Gasteiger partial charge in [-0.25, -0.2) is 8.42 Å². The Kier molecular flexibility index (Phi) is 8.68. The number of carboxylic acid groups (broad SMARTS) is 1. The fraction of sp³-hybridized carbons (Fsp3) is 0.212. The van der Waals surface area contributed by atoms with Crippen molar-refractivity contribution in [2.45, 2.75) is 30.7 Å². The maximum atomic E-state index is 14.1. The van der Waals surface area contributed by atoms with Crippen molar-refractivity contribution >= 4 is 27.6 Å². The number of hydrogen-bond donors (Lipinski definition) is 2. The summed E-state index contributed by atoms with van der Waals surface area (Å²) in [5.74, 6) is -0.416. The molecule has 222 valence electrons. The maximum absolute atomic E-state index is 14.1. The largest absolute Gasteiger partial charge is 0.496 e. The number of methoxy groups -OCH3 is 1. The molecule has 1 aliphatic rings. The predicted molar refractivity (Wildman–Crippen MR) is 163 cm³/mol. The van der Waals surface area contributed by atoms with E-state index in [1.54, 1.807) is 48.5 Å². The molecule has 2 N–H and O–H groups in total. The van der Waals surface area contributed by atoms with Gasteiger partial charge in [0.25, 0.3) is 10.0 Å². The molecule has 0 radical (unpaired) electrons. The molecule has 0 bridgehead atoms. The minimum Gasteiger partial charge on any atom is -0.496 e. The molecular weight excluding hydrogens is 568 g/mol. The first kappa shape index (κ1) is 29.7. The monoisotopic (exact) mass is 600 g/mol. The van der Waals surface area contributed by atoms with Gasteiger partial charge in [-0.2, -0.15) is 0 Å². The molecule has 9 nitrogen and oxygen atoms in total. The second kappa shape index (κ2) is 12.6. The van der Waals surface area contributed by atoms with Gasteiger partial charge in [0.05, 0.1) is 30.7 Å². The van der Waals surface area contributed by atoms with Crippen LogP contribution in [0.4, 0.5) is 5.69 Å². The number of carbonyl (C=O) groups is 2. The Bertz CT molecular complexity index is 1750. The molecule has 1 aliphatic heterocycles. The van der Waals surface area contributed by atoms with Crippen LogP contribution < -0.4 is 19.1 Å². The summed E-state index contributed by atoms with van der Waals surface area (Å²) in [6.07, 6.45) is 0.148. The third-order valence-corrected chi connectivity index (χ3v) is 9.05. The van der Waals surface area contributed by atoms with Gasteiger partial charge >= 0.3 is 5.97 Å². The van der Waals surface area contributed by atoms with E-state index in [-0.39, 0.29) is 30.9 Å². The van der Waals surface area contributed by atoms with Crippen molar-refractivity contribution in [1.82, 2.24) is 5.32 Å². The zero-order valence-electron chi connectivity index (χ0n) is 23.8. The van der Waals surface area contributed by atoms with Crippen molar-refractivity contribution < 1.29 is 32.6 Å². The molecule has 0 spiro atoms. The molecular formula is C33H32N2O7S. The lowest BCUT2D eigenvalue weighted by molar-refractivity contribution is -0.136. The summed E-state index contributed by atoms with van der Waals surface area (Å²) >= 11 is 0. The Hall–Kier alpha value is -4.83. The minimum absolute atomic E-state index is 0.0185. The van der Waals surface area contributed by atoms with Crippen LogP contribution in [-0.4, -0.2) is 51.7 Å². The Morgan fingerprint density at radius 3 is 2.47 bits per heavy atom. The summed E-state index contributed by atoms with van der Waals surface area (Å²) in [5, 5.41) is 11.7. The molecule has 1 amide bonds. The van der Waals surface area contributed by atoms with Crippen LogP contribution in [0.1, 0.15) is 16.7 Å². The lowest BCUT2D eigenvalue weighted by atomic mass is 10.0. The first-order chi connectivity index (χ1) is 20.7. The highest BCUT2D eigenvalue weighted by Gasteiger charge is 2.42. The van der Waals surface area contributed by atoms with Crippen molar-refractivity contribution in [3.63, 3.8) is 0 Å². The number of rotatable bonds is 11. The topological polar surface area (TPSA) is 122 Å². The Morgan fingerprint density at radius 2 is 1.74 bits per heavy atom. The third-order valence-electron chi connectivity index (χ3n) is 7.24. The second-order valence-electron chi connectivity index (χ2n) is 10.2. The van der Waals surface area contributed by atoms with Gasteiger partial charge in [0.1, 0.15) is 24.1 Å². The molecule has 0 fully saturated rings. The number of amides is 1. The highest BCUT2D eigenvalue weighted by molar-refractivity contribution is 7.93. The van der Waals surface area contributed by atoms with Crippen molar-refractivity contribution in [2.75, 3.05) is 24.6 Å². The van der Waals surface area contributed by atoms with E-state index in [2.05, 4.69) is 5.32 Å². The summed E-state index contributed by atoms with van der Waals surface area (Å²) in [6, 6.07) is 25.4. The van der Waals surface area contributed by atoms with Gasteiger partial charge in [0.15, 0.2) is 0 Å².